The van der Waals surface area contributed by atoms with Gasteiger partial charge in [0.05, 0.1) is 18.0 Å². The Kier molecular flexibility index (Phi) is 6.56. The topological polar surface area (TPSA) is 64.7 Å². The van der Waals surface area contributed by atoms with E-state index in [4.69, 9.17) is 0 Å². The summed E-state index contributed by atoms with van der Waals surface area (Å²) in [6, 6.07) is -0.0664. The lowest BCUT2D eigenvalue weighted by atomic mass is 9.81. The zero-order valence-corrected chi connectivity index (χ0v) is 16.6. The van der Waals surface area contributed by atoms with Gasteiger partial charge in [-0.3, -0.25) is 14.5 Å². The fraction of sp³-hybridized carbons (Fsp3) is 0.900. The lowest BCUT2D eigenvalue weighted by molar-refractivity contribution is -0.135. The monoisotopic (exact) mass is 364 g/mol. The first-order valence-corrected chi connectivity index (χ1v) is 10.6. The molecule has 3 fully saturated rings. The molecule has 0 aromatic heterocycles. The minimum Gasteiger partial charge on any atom is -0.353 e. The van der Waals surface area contributed by atoms with Crippen molar-refractivity contribution in [2.75, 3.05) is 32.7 Å². The van der Waals surface area contributed by atoms with Crippen LogP contribution in [-0.2, 0) is 9.59 Å². The predicted molar refractivity (Wildman–Crippen MR) is 103 cm³/mol. The molecule has 2 N–H and O–H groups in total. The number of piperazine rings is 1. The molecule has 0 bridgehead atoms. The number of hydrogen-bond acceptors (Lipinski definition) is 4. The number of nitrogens with zero attached hydrogens (tertiary/aromatic N) is 2. The quantitative estimate of drug-likeness (QED) is 0.750. The third kappa shape index (κ3) is 4.77. The molecule has 3 aliphatic rings. The van der Waals surface area contributed by atoms with Crippen LogP contribution in [0, 0.1) is 0 Å². The highest BCUT2D eigenvalue weighted by Gasteiger charge is 2.38. The van der Waals surface area contributed by atoms with E-state index in [0.717, 1.165) is 39.0 Å². The Hall–Kier alpha value is -1.14. The van der Waals surface area contributed by atoms with Crippen molar-refractivity contribution in [3.05, 3.63) is 0 Å². The van der Waals surface area contributed by atoms with Gasteiger partial charge in [0.2, 0.25) is 11.8 Å². The molecule has 6 heteroatoms. The number of carbonyl (C=O) groups is 2. The van der Waals surface area contributed by atoms with Gasteiger partial charge in [0.1, 0.15) is 0 Å². The summed E-state index contributed by atoms with van der Waals surface area (Å²) in [5.41, 5.74) is -0.0898. The predicted octanol–water partition coefficient (Wildman–Crippen LogP) is 1.50. The summed E-state index contributed by atoms with van der Waals surface area (Å²) in [7, 11) is 0. The standard InChI is InChI=1S/C20H36N4O2/c1-16(2)24-13-10-21-19(26)17(24)14-18(25)22-20(8-4-3-5-9-20)15-23-11-6-7-12-23/h16-17H,3-15H2,1-2H3,(H,21,26)(H,22,25)/t17-/m1/s1. The third-order valence-electron chi connectivity index (χ3n) is 6.35. The lowest BCUT2D eigenvalue weighted by Gasteiger charge is -2.42. The molecular weight excluding hydrogens is 328 g/mol. The molecule has 0 aromatic rings. The van der Waals surface area contributed by atoms with E-state index in [9.17, 15) is 9.59 Å². The van der Waals surface area contributed by atoms with Crippen LogP contribution in [0.15, 0.2) is 0 Å². The van der Waals surface area contributed by atoms with Gasteiger partial charge in [-0.1, -0.05) is 19.3 Å². The van der Waals surface area contributed by atoms with Crippen molar-refractivity contribution < 1.29 is 9.59 Å². The molecule has 2 aliphatic heterocycles. The smallest absolute Gasteiger partial charge is 0.237 e. The molecule has 6 nitrogen and oxygen atoms in total. The van der Waals surface area contributed by atoms with Crippen molar-refractivity contribution in [2.45, 2.75) is 82.8 Å². The zero-order valence-electron chi connectivity index (χ0n) is 16.6. The number of rotatable bonds is 6. The Morgan fingerprint density at radius 2 is 1.85 bits per heavy atom. The molecule has 0 radical (unpaired) electrons. The SMILES string of the molecule is CC(C)N1CCNC(=O)[C@H]1CC(=O)NC1(CN2CCCC2)CCCCC1. The van der Waals surface area contributed by atoms with Crippen molar-refractivity contribution in [1.82, 2.24) is 20.4 Å². The molecule has 1 atom stereocenters. The Bertz CT molecular complexity index is 496. The Morgan fingerprint density at radius 1 is 1.15 bits per heavy atom. The molecule has 3 rings (SSSR count). The molecule has 2 heterocycles. The minimum absolute atomic E-state index is 0.00247. The first-order valence-electron chi connectivity index (χ1n) is 10.6. The molecule has 2 amide bonds. The number of amides is 2. The van der Waals surface area contributed by atoms with E-state index in [1.165, 1.54) is 32.1 Å². The van der Waals surface area contributed by atoms with Gasteiger partial charge in [0.25, 0.3) is 0 Å². The van der Waals surface area contributed by atoms with Gasteiger partial charge in [-0.15, -0.1) is 0 Å². The Morgan fingerprint density at radius 3 is 2.50 bits per heavy atom. The fourth-order valence-corrected chi connectivity index (χ4v) is 5.00. The Labute approximate surface area is 158 Å². The first kappa shape index (κ1) is 19.6. The van der Waals surface area contributed by atoms with Gasteiger partial charge in [0, 0.05) is 25.7 Å². The highest BCUT2D eigenvalue weighted by Crippen LogP contribution is 2.30. The second-order valence-electron chi connectivity index (χ2n) is 8.71. The van der Waals surface area contributed by atoms with Gasteiger partial charge in [-0.25, -0.2) is 0 Å². The largest absolute Gasteiger partial charge is 0.353 e. The molecule has 2 saturated heterocycles. The molecule has 1 saturated carbocycles. The Balaban J connectivity index is 1.63. The number of nitrogens with one attached hydrogen (secondary N) is 2. The van der Waals surface area contributed by atoms with E-state index in [0.29, 0.717) is 6.54 Å². The number of carbonyl (C=O) groups excluding carboxylic acids is 2. The van der Waals surface area contributed by atoms with Gasteiger partial charge in [-0.2, -0.15) is 0 Å². The van der Waals surface area contributed by atoms with Crippen LogP contribution < -0.4 is 10.6 Å². The highest BCUT2D eigenvalue weighted by atomic mass is 16.2. The summed E-state index contributed by atoms with van der Waals surface area (Å²) >= 11 is 0. The molecule has 1 aliphatic carbocycles. The summed E-state index contributed by atoms with van der Waals surface area (Å²) in [6.07, 6.45) is 8.60. The van der Waals surface area contributed by atoms with Crippen molar-refractivity contribution in [3.8, 4) is 0 Å². The van der Waals surface area contributed by atoms with Gasteiger partial charge in [-0.05, 0) is 52.6 Å². The fourth-order valence-electron chi connectivity index (χ4n) is 5.00. The normalized spacial score (nSPS) is 27.5. The lowest BCUT2D eigenvalue weighted by Crippen LogP contribution is -2.61. The van der Waals surface area contributed by atoms with Crippen LogP contribution in [0.25, 0.3) is 0 Å². The van der Waals surface area contributed by atoms with Crippen molar-refractivity contribution >= 4 is 11.8 Å². The molecule has 0 spiro atoms. The molecule has 26 heavy (non-hydrogen) atoms. The number of likely N-dealkylation sites (tertiary alicyclic amines) is 1. The maximum absolute atomic E-state index is 12.9. The average molecular weight is 365 g/mol. The summed E-state index contributed by atoms with van der Waals surface area (Å²) in [5, 5.41) is 6.32. The van der Waals surface area contributed by atoms with Crippen molar-refractivity contribution in [2.24, 2.45) is 0 Å². The van der Waals surface area contributed by atoms with Crippen LogP contribution in [0.3, 0.4) is 0 Å². The van der Waals surface area contributed by atoms with Crippen molar-refractivity contribution in [3.63, 3.8) is 0 Å². The van der Waals surface area contributed by atoms with Crippen LogP contribution >= 0.6 is 0 Å². The van der Waals surface area contributed by atoms with Gasteiger partial charge in [0.15, 0.2) is 0 Å². The summed E-state index contributed by atoms with van der Waals surface area (Å²) in [6.45, 7) is 8.98. The maximum atomic E-state index is 12.9. The second-order valence-corrected chi connectivity index (χ2v) is 8.71. The van der Waals surface area contributed by atoms with Gasteiger partial charge < -0.3 is 15.5 Å². The van der Waals surface area contributed by atoms with E-state index < -0.39 is 0 Å². The summed E-state index contributed by atoms with van der Waals surface area (Å²) < 4.78 is 0. The average Bonchev–Trinajstić information content (AvgIpc) is 3.09. The molecule has 0 unspecified atom stereocenters. The first-order chi connectivity index (χ1) is 12.5. The van der Waals surface area contributed by atoms with E-state index in [1.807, 2.05) is 0 Å². The van der Waals surface area contributed by atoms with Crippen LogP contribution in [-0.4, -0.2) is 72.0 Å². The van der Waals surface area contributed by atoms with Crippen LogP contribution in [0.1, 0.15) is 65.2 Å². The second kappa shape index (κ2) is 8.70. The van der Waals surface area contributed by atoms with Gasteiger partial charge >= 0.3 is 0 Å². The highest BCUT2D eigenvalue weighted by molar-refractivity contribution is 5.89. The van der Waals surface area contributed by atoms with Crippen LogP contribution in [0.5, 0.6) is 0 Å². The molecular formula is C20H36N4O2. The zero-order chi connectivity index (χ0) is 18.6. The van der Waals surface area contributed by atoms with Crippen LogP contribution in [0.4, 0.5) is 0 Å². The van der Waals surface area contributed by atoms with E-state index >= 15 is 0 Å². The number of hydrogen-bond donors (Lipinski definition) is 2. The van der Waals surface area contributed by atoms with E-state index in [-0.39, 0.29) is 35.9 Å². The van der Waals surface area contributed by atoms with E-state index in [1.54, 1.807) is 0 Å². The summed E-state index contributed by atoms with van der Waals surface area (Å²) in [4.78, 5) is 30.0. The molecule has 148 valence electrons. The third-order valence-corrected chi connectivity index (χ3v) is 6.35. The van der Waals surface area contributed by atoms with E-state index in [2.05, 4.69) is 34.3 Å². The van der Waals surface area contributed by atoms with Crippen molar-refractivity contribution in [1.29, 1.82) is 0 Å². The minimum atomic E-state index is -0.337. The summed E-state index contributed by atoms with van der Waals surface area (Å²) in [5.74, 6) is 0.0381. The maximum Gasteiger partial charge on any atom is 0.237 e. The van der Waals surface area contributed by atoms with Crippen LogP contribution in [0.2, 0.25) is 0 Å². The molecule has 0 aromatic carbocycles.